The molecule has 0 amide bonds. The molecule has 0 saturated carbocycles. The minimum absolute atomic E-state index is 0.544. The quantitative estimate of drug-likeness (QED) is 0.639. The van der Waals surface area contributed by atoms with E-state index in [-0.39, 0.29) is 0 Å². The molecule has 0 aliphatic heterocycles. The molecule has 0 atom stereocenters. The highest BCUT2D eigenvalue weighted by Crippen LogP contribution is 2.15. The van der Waals surface area contributed by atoms with Gasteiger partial charge in [-0.2, -0.15) is 0 Å². The first-order valence-electron chi connectivity index (χ1n) is 4.34. The van der Waals surface area contributed by atoms with E-state index in [1.54, 1.807) is 0 Å². The van der Waals surface area contributed by atoms with Crippen molar-refractivity contribution in [2.24, 2.45) is 0 Å². The molecule has 0 heterocycles. The van der Waals surface area contributed by atoms with Crippen molar-refractivity contribution in [1.82, 2.24) is 5.32 Å². The third-order valence-electron chi connectivity index (χ3n) is 1.83. The van der Waals surface area contributed by atoms with Gasteiger partial charge in [0.2, 0.25) is 0 Å². The molecule has 0 fully saturated rings. The average Bonchev–Trinajstić information content (AvgIpc) is 1.93. The average molecular weight is 151 g/mol. The zero-order valence-electron chi connectivity index (χ0n) is 7.65. The molecule has 0 radical (unpaired) electrons. The standard InChI is InChI=1S/C10H17N/c1-8(2)11-10-7-5-4-6-9(10)3/h6-8,11H,4-5H2,1-3H3. The summed E-state index contributed by atoms with van der Waals surface area (Å²) in [6, 6.07) is 0.544. The predicted molar refractivity (Wildman–Crippen MR) is 49.3 cm³/mol. The highest BCUT2D eigenvalue weighted by Gasteiger charge is 2.04. The topological polar surface area (TPSA) is 12.0 Å². The van der Waals surface area contributed by atoms with E-state index >= 15 is 0 Å². The van der Waals surface area contributed by atoms with Gasteiger partial charge in [-0.05, 0) is 39.2 Å². The van der Waals surface area contributed by atoms with Crippen LogP contribution in [0.15, 0.2) is 23.4 Å². The fourth-order valence-corrected chi connectivity index (χ4v) is 1.28. The second-order valence-corrected chi connectivity index (χ2v) is 3.38. The van der Waals surface area contributed by atoms with E-state index in [0.29, 0.717) is 6.04 Å². The zero-order chi connectivity index (χ0) is 8.27. The third-order valence-corrected chi connectivity index (χ3v) is 1.83. The lowest BCUT2D eigenvalue weighted by molar-refractivity contribution is 0.666. The van der Waals surface area contributed by atoms with E-state index in [9.17, 15) is 0 Å². The maximum atomic E-state index is 3.42. The van der Waals surface area contributed by atoms with Crippen molar-refractivity contribution in [3.8, 4) is 0 Å². The molecule has 0 aromatic rings. The minimum atomic E-state index is 0.544. The van der Waals surface area contributed by atoms with Crippen LogP contribution < -0.4 is 5.32 Å². The lowest BCUT2D eigenvalue weighted by atomic mass is 10.0. The highest BCUT2D eigenvalue weighted by molar-refractivity contribution is 5.30. The summed E-state index contributed by atoms with van der Waals surface area (Å²) < 4.78 is 0. The fraction of sp³-hybridized carbons (Fsp3) is 0.600. The molecule has 0 spiro atoms. The van der Waals surface area contributed by atoms with E-state index in [4.69, 9.17) is 0 Å². The first kappa shape index (κ1) is 8.38. The molecule has 1 aliphatic carbocycles. The number of hydrogen-bond acceptors (Lipinski definition) is 1. The van der Waals surface area contributed by atoms with Crippen LogP contribution in [0.25, 0.3) is 0 Å². The van der Waals surface area contributed by atoms with E-state index in [1.807, 2.05) is 0 Å². The van der Waals surface area contributed by atoms with Gasteiger partial charge in [-0.15, -0.1) is 0 Å². The maximum Gasteiger partial charge on any atom is 0.0328 e. The Morgan fingerprint density at radius 2 is 1.91 bits per heavy atom. The Morgan fingerprint density at radius 1 is 1.27 bits per heavy atom. The van der Waals surface area contributed by atoms with Crippen molar-refractivity contribution in [3.63, 3.8) is 0 Å². The summed E-state index contributed by atoms with van der Waals surface area (Å²) in [6.07, 6.45) is 6.97. The molecule has 0 aromatic carbocycles. The van der Waals surface area contributed by atoms with E-state index in [1.165, 1.54) is 24.1 Å². The van der Waals surface area contributed by atoms with E-state index < -0.39 is 0 Å². The Morgan fingerprint density at radius 3 is 2.45 bits per heavy atom. The van der Waals surface area contributed by atoms with Gasteiger partial charge in [-0.25, -0.2) is 0 Å². The number of allylic oxidation sites excluding steroid dienone is 3. The highest BCUT2D eigenvalue weighted by atomic mass is 14.9. The number of hydrogen-bond donors (Lipinski definition) is 1. The summed E-state index contributed by atoms with van der Waals surface area (Å²) in [5, 5.41) is 3.42. The van der Waals surface area contributed by atoms with Gasteiger partial charge >= 0.3 is 0 Å². The van der Waals surface area contributed by atoms with Gasteiger partial charge in [0.1, 0.15) is 0 Å². The zero-order valence-corrected chi connectivity index (χ0v) is 7.65. The Kier molecular flexibility index (Phi) is 2.75. The fourth-order valence-electron chi connectivity index (χ4n) is 1.28. The van der Waals surface area contributed by atoms with Crippen molar-refractivity contribution in [2.75, 3.05) is 0 Å². The summed E-state index contributed by atoms with van der Waals surface area (Å²) in [4.78, 5) is 0. The van der Waals surface area contributed by atoms with Gasteiger partial charge in [-0.1, -0.05) is 12.2 Å². The van der Waals surface area contributed by atoms with Gasteiger partial charge in [0.15, 0.2) is 0 Å². The van der Waals surface area contributed by atoms with Crippen molar-refractivity contribution >= 4 is 0 Å². The van der Waals surface area contributed by atoms with Crippen LogP contribution >= 0.6 is 0 Å². The summed E-state index contributed by atoms with van der Waals surface area (Å²) in [5.41, 5.74) is 2.72. The van der Waals surface area contributed by atoms with Gasteiger partial charge in [0.05, 0.1) is 0 Å². The molecule has 0 unspecified atom stereocenters. The van der Waals surface area contributed by atoms with Crippen LogP contribution in [0.3, 0.4) is 0 Å². The second kappa shape index (κ2) is 3.61. The minimum Gasteiger partial charge on any atom is -0.383 e. The van der Waals surface area contributed by atoms with Gasteiger partial charge < -0.3 is 5.32 Å². The summed E-state index contributed by atoms with van der Waals surface area (Å²) in [6.45, 7) is 6.51. The number of rotatable bonds is 2. The molecule has 1 nitrogen and oxygen atoms in total. The Hall–Kier alpha value is -0.720. The molecule has 0 aromatic heterocycles. The van der Waals surface area contributed by atoms with E-state index in [0.717, 1.165) is 0 Å². The Bertz CT molecular complexity index is 187. The number of nitrogens with one attached hydrogen (secondary N) is 1. The Labute approximate surface area is 69.2 Å². The van der Waals surface area contributed by atoms with Crippen molar-refractivity contribution in [1.29, 1.82) is 0 Å². The molecule has 1 N–H and O–H groups in total. The van der Waals surface area contributed by atoms with Crippen LogP contribution in [0, 0.1) is 0 Å². The normalized spacial score (nSPS) is 17.8. The third kappa shape index (κ3) is 2.41. The second-order valence-electron chi connectivity index (χ2n) is 3.38. The van der Waals surface area contributed by atoms with Crippen LogP contribution in [-0.4, -0.2) is 6.04 Å². The van der Waals surface area contributed by atoms with Crippen molar-refractivity contribution < 1.29 is 0 Å². The molecule has 1 aliphatic rings. The maximum absolute atomic E-state index is 3.42. The monoisotopic (exact) mass is 151 g/mol. The van der Waals surface area contributed by atoms with Crippen molar-refractivity contribution in [2.45, 2.75) is 39.7 Å². The van der Waals surface area contributed by atoms with Gasteiger partial charge in [0, 0.05) is 11.7 Å². The molecule has 1 rings (SSSR count). The molecule has 0 saturated heterocycles. The van der Waals surface area contributed by atoms with Crippen molar-refractivity contribution in [3.05, 3.63) is 23.4 Å². The predicted octanol–water partition coefficient (Wildman–Crippen LogP) is 2.61. The van der Waals surface area contributed by atoms with E-state index in [2.05, 4.69) is 38.2 Å². The van der Waals surface area contributed by atoms with Crippen LogP contribution in [0.1, 0.15) is 33.6 Å². The summed E-state index contributed by atoms with van der Waals surface area (Å²) in [7, 11) is 0. The SMILES string of the molecule is CC1=CCCC=C1NC(C)C. The first-order chi connectivity index (χ1) is 5.20. The Balaban J connectivity index is 2.56. The first-order valence-corrected chi connectivity index (χ1v) is 4.34. The molecular formula is C10H17N. The van der Waals surface area contributed by atoms with Crippen LogP contribution in [0.4, 0.5) is 0 Å². The lowest BCUT2D eigenvalue weighted by Crippen LogP contribution is -2.23. The summed E-state index contributed by atoms with van der Waals surface area (Å²) >= 11 is 0. The van der Waals surface area contributed by atoms with Crippen LogP contribution in [0.5, 0.6) is 0 Å². The molecular weight excluding hydrogens is 134 g/mol. The lowest BCUT2D eigenvalue weighted by Gasteiger charge is -2.17. The van der Waals surface area contributed by atoms with Gasteiger partial charge in [-0.3, -0.25) is 0 Å². The molecule has 1 heteroatoms. The molecule has 0 bridgehead atoms. The smallest absolute Gasteiger partial charge is 0.0328 e. The van der Waals surface area contributed by atoms with Crippen LogP contribution in [-0.2, 0) is 0 Å². The van der Waals surface area contributed by atoms with Crippen LogP contribution in [0.2, 0.25) is 0 Å². The molecule has 62 valence electrons. The largest absolute Gasteiger partial charge is 0.383 e. The molecule has 11 heavy (non-hydrogen) atoms. The summed E-state index contributed by atoms with van der Waals surface area (Å²) in [5.74, 6) is 0. The van der Waals surface area contributed by atoms with Gasteiger partial charge in [0.25, 0.3) is 0 Å².